The first kappa shape index (κ1) is 61.7. The van der Waals surface area contributed by atoms with Crippen molar-refractivity contribution in [2.24, 2.45) is 5.92 Å². The average Bonchev–Trinajstić information content (AvgIpc) is 3.55. The van der Waals surface area contributed by atoms with Gasteiger partial charge in [0, 0.05) is 39.2 Å². The van der Waals surface area contributed by atoms with Crippen LogP contribution in [0.25, 0.3) is 34.3 Å². The van der Waals surface area contributed by atoms with Gasteiger partial charge in [0.1, 0.15) is 17.3 Å². The van der Waals surface area contributed by atoms with Gasteiger partial charge >= 0.3 is 0 Å². The first-order valence-electron chi connectivity index (χ1n) is 25.5. The molecule has 0 fully saturated rings. The van der Waals surface area contributed by atoms with Crippen molar-refractivity contribution in [2.75, 3.05) is 24.5 Å². The second-order valence-electron chi connectivity index (χ2n) is 16.3. The van der Waals surface area contributed by atoms with Gasteiger partial charge in [-0.3, -0.25) is 4.39 Å². The number of fused-ring (bicyclic) bond motifs is 3. The molecule has 1 unspecified atom stereocenters. The zero-order valence-electron chi connectivity index (χ0n) is 46.0. The zero-order chi connectivity index (χ0) is 54.5. The molecule has 4 nitrogen and oxygen atoms in total. The first-order chi connectivity index (χ1) is 35.4. The number of nitrogens with one attached hydrogen (secondary N) is 1. The molecule has 0 amide bonds. The van der Waals surface area contributed by atoms with Gasteiger partial charge in [-0.15, -0.1) is 6.58 Å². The number of para-hydroxylation sites is 1. The van der Waals surface area contributed by atoms with E-state index in [0.717, 1.165) is 98.8 Å². The summed E-state index contributed by atoms with van der Waals surface area (Å²) in [5.74, 6) is 1.53. The number of hydrogen-bond donors (Lipinski definition) is 1. The van der Waals surface area contributed by atoms with Gasteiger partial charge in [-0.05, 0) is 136 Å². The number of rotatable bonds is 12. The molecule has 386 valence electrons. The second kappa shape index (κ2) is 33.3. The van der Waals surface area contributed by atoms with Gasteiger partial charge in [-0.25, -0.2) is 4.39 Å². The Morgan fingerprint density at radius 1 is 0.836 bits per heavy atom. The number of halogens is 2. The third kappa shape index (κ3) is 17.4. The monoisotopic (exact) mass is 985 g/mol. The van der Waals surface area contributed by atoms with Crippen LogP contribution in [0.15, 0.2) is 217 Å². The van der Waals surface area contributed by atoms with Gasteiger partial charge in [0.15, 0.2) is 5.58 Å². The third-order valence-corrected chi connectivity index (χ3v) is 11.7. The Balaban J connectivity index is 0.000000498. The molecule has 7 rings (SSSR count). The summed E-state index contributed by atoms with van der Waals surface area (Å²) in [6.45, 7) is 39.5. The van der Waals surface area contributed by atoms with E-state index in [1.165, 1.54) is 34.4 Å². The summed E-state index contributed by atoms with van der Waals surface area (Å²) in [5.41, 5.74) is 15.8. The molecular formula is C67H82F2N2O2. The summed E-state index contributed by atoms with van der Waals surface area (Å²) >= 11 is 0. The van der Waals surface area contributed by atoms with Crippen LogP contribution in [0.2, 0.25) is 0 Å². The lowest BCUT2D eigenvalue weighted by atomic mass is 9.95. The maximum Gasteiger partial charge on any atom is 0.158 e. The summed E-state index contributed by atoms with van der Waals surface area (Å²) in [5, 5.41) is 4.15. The molecule has 1 aromatic heterocycles. The van der Waals surface area contributed by atoms with Crippen molar-refractivity contribution in [3.8, 4) is 0 Å². The summed E-state index contributed by atoms with van der Waals surface area (Å²) in [4.78, 5) is 2.39. The Morgan fingerprint density at radius 3 is 2.23 bits per heavy atom. The van der Waals surface area contributed by atoms with Crippen LogP contribution in [0.1, 0.15) is 115 Å². The molecule has 0 spiro atoms. The van der Waals surface area contributed by atoms with Gasteiger partial charge in [-0.2, -0.15) is 0 Å². The zero-order valence-corrected chi connectivity index (χ0v) is 46.0. The number of allylic oxidation sites excluding steroid dienone is 20. The molecule has 6 heteroatoms. The van der Waals surface area contributed by atoms with Crippen LogP contribution in [-0.2, 0) is 4.74 Å². The molecule has 3 aliphatic rings. The number of aryl methyl sites for hydroxylation is 1. The van der Waals surface area contributed by atoms with Crippen molar-refractivity contribution in [2.45, 2.75) is 94.9 Å². The molecule has 0 radical (unpaired) electrons. The number of methoxy groups -OCH3 is 1. The van der Waals surface area contributed by atoms with E-state index < -0.39 is 5.83 Å². The number of hydrogen-bond acceptors (Lipinski definition) is 4. The minimum atomic E-state index is -0.521. The normalized spacial score (nSPS) is 15.6. The van der Waals surface area contributed by atoms with Crippen LogP contribution in [0, 0.1) is 19.8 Å². The van der Waals surface area contributed by atoms with Crippen LogP contribution >= 0.6 is 0 Å². The minimum absolute atomic E-state index is 0.278. The van der Waals surface area contributed by atoms with E-state index in [1.807, 2.05) is 85.7 Å². The van der Waals surface area contributed by atoms with E-state index in [-0.39, 0.29) is 5.92 Å². The van der Waals surface area contributed by atoms with Crippen LogP contribution in [-0.4, -0.2) is 14.3 Å². The van der Waals surface area contributed by atoms with Crippen molar-refractivity contribution >= 4 is 51.3 Å². The van der Waals surface area contributed by atoms with E-state index >= 15 is 0 Å². The smallest absolute Gasteiger partial charge is 0.158 e. The number of anilines is 3. The highest BCUT2D eigenvalue weighted by atomic mass is 19.1. The average molecular weight is 985 g/mol. The van der Waals surface area contributed by atoms with Gasteiger partial charge in [0.2, 0.25) is 0 Å². The molecule has 0 saturated heterocycles. The Bertz CT molecular complexity index is 2830. The van der Waals surface area contributed by atoms with Crippen LogP contribution in [0.4, 0.5) is 25.8 Å². The van der Waals surface area contributed by atoms with Crippen molar-refractivity contribution in [3.05, 3.63) is 246 Å². The van der Waals surface area contributed by atoms with Gasteiger partial charge in [0.05, 0.1) is 25.7 Å². The quantitative estimate of drug-likeness (QED) is 0.113. The molecule has 1 heterocycles. The van der Waals surface area contributed by atoms with Crippen molar-refractivity contribution in [1.29, 1.82) is 0 Å². The largest absolute Gasteiger partial charge is 0.496 e. The van der Waals surface area contributed by atoms with Gasteiger partial charge in [0.25, 0.3) is 0 Å². The van der Waals surface area contributed by atoms with Crippen molar-refractivity contribution < 1.29 is 17.9 Å². The molecular weight excluding hydrogens is 903 g/mol. The molecule has 3 aliphatic carbocycles. The number of nitrogens with zero attached hydrogens (tertiary/aromatic N) is 1. The highest BCUT2D eigenvalue weighted by molar-refractivity contribution is 5.95. The highest BCUT2D eigenvalue weighted by Gasteiger charge is 2.21. The predicted octanol–water partition coefficient (Wildman–Crippen LogP) is 20.9. The molecule has 1 N–H and O–H groups in total. The van der Waals surface area contributed by atoms with Crippen LogP contribution in [0.3, 0.4) is 0 Å². The Kier molecular flexibility index (Phi) is 28.1. The maximum absolute atomic E-state index is 12.7. The second-order valence-corrected chi connectivity index (χ2v) is 16.3. The molecule has 0 saturated carbocycles. The number of furan rings is 1. The molecule has 73 heavy (non-hydrogen) atoms. The van der Waals surface area contributed by atoms with E-state index in [0.29, 0.717) is 12.9 Å². The lowest BCUT2D eigenvalue weighted by molar-refractivity contribution is 0.302. The Hall–Kier alpha value is -7.44. The topological polar surface area (TPSA) is 37.6 Å². The summed E-state index contributed by atoms with van der Waals surface area (Å²) < 4.78 is 34.1. The van der Waals surface area contributed by atoms with Crippen molar-refractivity contribution in [3.63, 3.8) is 0 Å². The van der Waals surface area contributed by atoms with Gasteiger partial charge in [-0.1, -0.05) is 183 Å². The Labute approximate surface area is 439 Å². The molecule has 2 bridgehead atoms. The summed E-state index contributed by atoms with van der Waals surface area (Å²) in [6.07, 6.45) is 38.6. The minimum Gasteiger partial charge on any atom is -0.496 e. The number of alkyl halides is 1. The van der Waals surface area contributed by atoms with Crippen LogP contribution in [0.5, 0.6) is 0 Å². The SMILES string of the molecule is C=C/C=C(/C)c1oc2c(NC(=C)/C=C\C(=C)F)cccc2c1C.C=CC1/C=C\c2c(N(C3=CC=CCC=C3)c3cccc(C4=C(OC)C(C)=CC=CC4)c3)ccc(c2C)/C=C\C(=C)CC1.CC.CC.CC.CF. The number of benzene rings is 3. The number of ether oxygens (including phenoxy) is 1. The summed E-state index contributed by atoms with van der Waals surface area (Å²) in [7, 11) is 2.27. The highest BCUT2D eigenvalue weighted by Crippen LogP contribution is 2.40. The van der Waals surface area contributed by atoms with E-state index in [4.69, 9.17) is 9.15 Å². The summed E-state index contributed by atoms with van der Waals surface area (Å²) in [6, 6.07) is 19.2. The fourth-order valence-corrected chi connectivity index (χ4v) is 8.16. The lowest BCUT2D eigenvalue weighted by Gasteiger charge is -2.30. The fourth-order valence-electron chi connectivity index (χ4n) is 8.16. The molecule has 4 aromatic rings. The fraction of sp³-hybridized carbons (Fsp3) is 0.254. The maximum atomic E-state index is 12.7. The van der Waals surface area contributed by atoms with Gasteiger partial charge < -0.3 is 19.4 Å². The van der Waals surface area contributed by atoms with E-state index in [9.17, 15) is 8.78 Å². The molecule has 3 aromatic carbocycles. The van der Waals surface area contributed by atoms with E-state index in [2.05, 4.69) is 166 Å². The predicted molar refractivity (Wildman–Crippen MR) is 320 cm³/mol. The van der Waals surface area contributed by atoms with Crippen LogP contribution < -0.4 is 10.2 Å². The van der Waals surface area contributed by atoms with Crippen molar-refractivity contribution in [1.82, 2.24) is 0 Å². The first-order valence-corrected chi connectivity index (χ1v) is 25.5. The standard InChI is InChI=1S/C40H41NO.C20H20FNO.3C2H6.CH3F/c1-6-32-22-20-29(2)21-24-33-25-27-39(37(26-23-32)31(33)4)41(35-16-9-7-8-10-17-35)36-18-13-15-34(28-36)38-19-12-11-14-30(3)40(38)42-5;1-6-8-13(2)19-16(5)17-9-7-10-18(20(17)23-19)22-15(4)12-11-14(3)21;4*1-2/h6-7,9-18,21,23-28,32H,1-2,8,19-20,22H2,3-5H3;6-12,22H,1,3-4H2,2,5H3;3*1-2H3;1H3/b24-21-,26-23-;12-11-,13-8-;;;;. The lowest BCUT2D eigenvalue weighted by Crippen LogP contribution is -2.17. The Morgan fingerprint density at radius 2 is 1.55 bits per heavy atom. The third-order valence-electron chi connectivity index (χ3n) is 11.7. The molecule has 1 atom stereocenters. The van der Waals surface area contributed by atoms with E-state index in [1.54, 1.807) is 13.2 Å². The molecule has 0 aliphatic heterocycles.